The third-order valence-electron chi connectivity index (χ3n) is 2.35. The molecule has 6 nitrogen and oxygen atoms in total. The van der Waals surface area contributed by atoms with Crippen LogP contribution in [0.25, 0.3) is 0 Å². The van der Waals surface area contributed by atoms with Gasteiger partial charge in [-0.15, -0.1) is 0 Å². The Morgan fingerprint density at radius 2 is 2.17 bits per heavy atom. The van der Waals surface area contributed by atoms with Crippen LogP contribution in [0.4, 0.5) is 0 Å². The second-order valence-electron chi connectivity index (χ2n) is 3.57. The summed E-state index contributed by atoms with van der Waals surface area (Å²) in [5, 5.41) is 9.08. The number of benzene rings is 1. The molecule has 0 amide bonds. The molecule has 0 aromatic heterocycles. The summed E-state index contributed by atoms with van der Waals surface area (Å²) in [6.07, 6.45) is 0. The minimum Gasteiger partial charge on any atom is -0.497 e. The fraction of sp³-hybridized carbons (Fsp3) is 0.364. The number of aliphatic carboxylic acids is 1. The third-order valence-corrected chi connectivity index (χ3v) is 3.71. The molecule has 100 valence electrons. The summed E-state index contributed by atoms with van der Waals surface area (Å²) in [5.74, 6) is -0.976. The Bertz CT molecular complexity index is 526. The average Bonchev–Trinajstić information content (AvgIpc) is 2.36. The van der Waals surface area contributed by atoms with E-state index in [2.05, 4.69) is 4.72 Å². The van der Waals surface area contributed by atoms with Crippen molar-refractivity contribution in [3.05, 3.63) is 29.8 Å². The first-order valence-electron chi connectivity index (χ1n) is 5.26. The van der Waals surface area contributed by atoms with E-state index < -0.39 is 22.0 Å². The highest BCUT2D eigenvalue weighted by molar-refractivity contribution is 7.89. The summed E-state index contributed by atoms with van der Waals surface area (Å²) < 4.78 is 30.0. The second kappa shape index (κ2) is 5.83. The summed E-state index contributed by atoms with van der Waals surface area (Å²) >= 11 is 0. The van der Waals surface area contributed by atoms with Crippen molar-refractivity contribution in [2.45, 2.75) is 13.0 Å². The molecule has 7 heteroatoms. The molecule has 0 spiro atoms. The molecule has 1 aromatic carbocycles. The van der Waals surface area contributed by atoms with Crippen LogP contribution in [-0.2, 0) is 14.8 Å². The lowest BCUT2D eigenvalue weighted by molar-refractivity contribution is -0.139. The summed E-state index contributed by atoms with van der Waals surface area (Å²) in [6.45, 7) is 1.44. The second-order valence-corrected chi connectivity index (χ2v) is 5.61. The van der Waals surface area contributed by atoms with Crippen molar-refractivity contribution in [2.75, 3.05) is 12.9 Å². The summed E-state index contributed by atoms with van der Waals surface area (Å²) in [7, 11) is -2.15. The fourth-order valence-electron chi connectivity index (χ4n) is 1.34. The van der Waals surface area contributed by atoms with Crippen molar-refractivity contribution in [1.29, 1.82) is 0 Å². The van der Waals surface area contributed by atoms with Gasteiger partial charge in [0.25, 0.3) is 0 Å². The van der Waals surface area contributed by atoms with Crippen molar-refractivity contribution in [1.82, 2.24) is 4.72 Å². The van der Waals surface area contributed by atoms with Crippen LogP contribution in [0.2, 0.25) is 0 Å². The Morgan fingerprint density at radius 1 is 1.50 bits per heavy atom. The first-order chi connectivity index (χ1) is 8.39. The zero-order valence-electron chi connectivity index (χ0n) is 10.1. The Morgan fingerprint density at radius 3 is 2.67 bits per heavy atom. The molecule has 2 N–H and O–H groups in total. The molecule has 1 aromatic rings. The number of hydrogen-bond donors (Lipinski definition) is 2. The number of carboxylic acid groups (broad SMARTS) is 1. The van der Waals surface area contributed by atoms with Crippen molar-refractivity contribution < 1.29 is 23.1 Å². The fourth-order valence-corrected chi connectivity index (χ4v) is 2.11. The molecule has 1 unspecified atom stereocenters. The van der Waals surface area contributed by atoms with E-state index in [1.54, 1.807) is 12.1 Å². The molecule has 18 heavy (non-hydrogen) atoms. The minimum absolute atomic E-state index is 0.180. The third kappa shape index (κ3) is 3.71. The number of hydrogen-bond acceptors (Lipinski definition) is 4. The Hall–Kier alpha value is -1.60. The van der Waals surface area contributed by atoms with E-state index >= 15 is 0 Å². The molecule has 0 heterocycles. The van der Waals surface area contributed by atoms with Gasteiger partial charge < -0.3 is 9.84 Å². The maximum Gasteiger partial charge on any atom is 0.326 e. The standard InChI is InChI=1S/C11H15NO5S/c1-3-18(15,16)12-10(11(13)14)8-5-4-6-9(7-8)17-2/h4-7,10,12H,3H2,1-2H3,(H,13,14). The number of rotatable bonds is 6. The van der Waals surface area contributed by atoms with Crippen LogP contribution < -0.4 is 9.46 Å². The Kier molecular flexibility index (Phi) is 4.69. The predicted octanol–water partition coefficient (Wildman–Crippen LogP) is 0.760. The van der Waals surface area contributed by atoms with E-state index in [1.807, 2.05) is 0 Å². The van der Waals surface area contributed by atoms with Gasteiger partial charge in [-0.1, -0.05) is 12.1 Å². The summed E-state index contributed by atoms with van der Waals surface area (Å²) in [5.41, 5.74) is 0.318. The lowest BCUT2D eigenvalue weighted by Gasteiger charge is -2.15. The highest BCUT2D eigenvalue weighted by Gasteiger charge is 2.24. The SMILES string of the molecule is CCS(=O)(=O)NC(C(=O)O)c1cccc(OC)c1. The minimum atomic E-state index is -3.60. The first-order valence-corrected chi connectivity index (χ1v) is 6.91. The average molecular weight is 273 g/mol. The van der Waals surface area contributed by atoms with Crippen LogP contribution in [-0.4, -0.2) is 32.4 Å². The van der Waals surface area contributed by atoms with Gasteiger partial charge in [0, 0.05) is 0 Å². The maximum atomic E-state index is 11.4. The zero-order valence-corrected chi connectivity index (χ0v) is 10.9. The van der Waals surface area contributed by atoms with E-state index in [0.29, 0.717) is 11.3 Å². The molecule has 1 atom stereocenters. The van der Waals surface area contributed by atoms with Crippen LogP contribution in [0.15, 0.2) is 24.3 Å². The number of sulfonamides is 1. The molecule has 0 aliphatic rings. The molecular weight excluding hydrogens is 258 g/mol. The quantitative estimate of drug-likeness (QED) is 0.798. The summed E-state index contributed by atoms with van der Waals surface area (Å²) in [4.78, 5) is 11.1. The molecule has 1 rings (SSSR count). The van der Waals surface area contributed by atoms with Crippen LogP contribution in [0.1, 0.15) is 18.5 Å². The van der Waals surface area contributed by atoms with Crippen molar-refractivity contribution in [3.8, 4) is 5.75 Å². The molecular formula is C11H15NO5S. The van der Waals surface area contributed by atoms with Crippen molar-refractivity contribution >= 4 is 16.0 Å². The van der Waals surface area contributed by atoms with Gasteiger partial charge in [0.15, 0.2) is 0 Å². The smallest absolute Gasteiger partial charge is 0.326 e. The molecule has 0 radical (unpaired) electrons. The predicted molar refractivity (Wildman–Crippen MR) is 66.0 cm³/mol. The number of ether oxygens (including phenoxy) is 1. The highest BCUT2D eigenvalue weighted by Crippen LogP contribution is 2.20. The van der Waals surface area contributed by atoms with Gasteiger partial charge in [-0.2, -0.15) is 4.72 Å². The van der Waals surface area contributed by atoms with Gasteiger partial charge >= 0.3 is 5.97 Å². The number of nitrogens with one attached hydrogen (secondary N) is 1. The van der Waals surface area contributed by atoms with Gasteiger partial charge in [0.05, 0.1) is 12.9 Å². The highest BCUT2D eigenvalue weighted by atomic mass is 32.2. The van der Waals surface area contributed by atoms with E-state index in [0.717, 1.165) is 0 Å². The maximum absolute atomic E-state index is 11.4. The lowest BCUT2D eigenvalue weighted by atomic mass is 10.1. The molecule has 0 saturated heterocycles. The molecule has 0 aliphatic heterocycles. The van der Waals surface area contributed by atoms with Crippen LogP contribution in [0, 0.1) is 0 Å². The van der Waals surface area contributed by atoms with Gasteiger partial charge in [-0.05, 0) is 24.6 Å². The lowest BCUT2D eigenvalue weighted by Crippen LogP contribution is -2.34. The number of carboxylic acids is 1. The van der Waals surface area contributed by atoms with Gasteiger partial charge in [-0.25, -0.2) is 8.42 Å². The van der Waals surface area contributed by atoms with Gasteiger partial charge in [-0.3, -0.25) is 4.79 Å². The first kappa shape index (κ1) is 14.5. The molecule has 0 aliphatic carbocycles. The van der Waals surface area contributed by atoms with E-state index in [1.165, 1.54) is 26.2 Å². The number of methoxy groups -OCH3 is 1. The Labute approximate surface area is 106 Å². The molecule has 0 fully saturated rings. The number of carbonyl (C=O) groups is 1. The van der Waals surface area contributed by atoms with E-state index in [9.17, 15) is 13.2 Å². The Balaban J connectivity index is 3.09. The normalized spacial score (nSPS) is 13.0. The summed E-state index contributed by atoms with van der Waals surface area (Å²) in [6, 6.07) is 4.95. The van der Waals surface area contributed by atoms with E-state index in [-0.39, 0.29) is 5.75 Å². The molecule has 0 bridgehead atoms. The molecule has 0 saturated carbocycles. The van der Waals surface area contributed by atoms with Crippen molar-refractivity contribution in [2.24, 2.45) is 0 Å². The largest absolute Gasteiger partial charge is 0.497 e. The van der Waals surface area contributed by atoms with Crippen molar-refractivity contribution in [3.63, 3.8) is 0 Å². The van der Waals surface area contributed by atoms with Crippen LogP contribution in [0.5, 0.6) is 5.75 Å². The van der Waals surface area contributed by atoms with Crippen LogP contribution in [0.3, 0.4) is 0 Å². The van der Waals surface area contributed by atoms with Crippen LogP contribution >= 0.6 is 0 Å². The monoisotopic (exact) mass is 273 g/mol. The van der Waals surface area contributed by atoms with Gasteiger partial charge in [0.1, 0.15) is 11.8 Å². The zero-order chi connectivity index (χ0) is 13.8. The topological polar surface area (TPSA) is 92.7 Å². The van der Waals surface area contributed by atoms with E-state index in [4.69, 9.17) is 9.84 Å². The van der Waals surface area contributed by atoms with Gasteiger partial charge in [0.2, 0.25) is 10.0 Å².